The van der Waals surface area contributed by atoms with E-state index in [4.69, 9.17) is 4.74 Å². The molecule has 0 saturated heterocycles. The maximum atomic E-state index is 12.4. The third kappa shape index (κ3) is 5.06. The molecule has 2 aromatic rings. The van der Waals surface area contributed by atoms with Gasteiger partial charge in [-0.15, -0.1) is 0 Å². The van der Waals surface area contributed by atoms with Gasteiger partial charge < -0.3 is 10.1 Å². The van der Waals surface area contributed by atoms with Crippen LogP contribution in [0.25, 0.3) is 0 Å². The molecule has 6 heteroatoms. The molecule has 0 aliphatic carbocycles. The highest BCUT2D eigenvalue weighted by molar-refractivity contribution is 6.21. The molecule has 1 unspecified atom stereocenters. The summed E-state index contributed by atoms with van der Waals surface area (Å²) in [6, 6.07) is 14.4. The lowest BCUT2D eigenvalue weighted by molar-refractivity contribution is -0.144. The number of unbranched alkanes of at least 4 members (excludes halogenated alkanes) is 2. The molecule has 0 bridgehead atoms. The lowest BCUT2D eigenvalue weighted by atomic mass is 10.1. The standard InChI is InChI=1S/C24H28N2O4/c1-3-30-24(29)21(25-18-14-12-17(2)13-15-18)11-5-4-8-16-26-22(27)19-9-6-7-10-20(19)23(26)28/h6-7,9-10,12-15,21,25H,3-5,8,11,16H2,1-2H3. The summed E-state index contributed by atoms with van der Waals surface area (Å²) in [5.41, 5.74) is 2.99. The van der Waals surface area contributed by atoms with Crippen LogP contribution in [0, 0.1) is 6.92 Å². The summed E-state index contributed by atoms with van der Waals surface area (Å²) in [6.45, 7) is 4.54. The Labute approximate surface area is 177 Å². The Morgan fingerprint density at radius 3 is 2.20 bits per heavy atom. The largest absolute Gasteiger partial charge is 0.464 e. The van der Waals surface area contributed by atoms with E-state index in [0.29, 0.717) is 37.1 Å². The van der Waals surface area contributed by atoms with Crippen molar-refractivity contribution in [2.75, 3.05) is 18.5 Å². The van der Waals surface area contributed by atoms with E-state index >= 15 is 0 Å². The van der Waals surface area contributed by atoms with Crippen molar-refractivity contribution in [3.63, 3.8) is 0 Å². The van der Waals surface area contributed by atoms with Gasteiger partial charge in [0.05, 0.1) is 17.7 Å². The number of hydrogen-bond acceptors (Lipinski definition) is 5. The van der Waals surface area contributed by atoms with Gasteiger partial charge in [0.1, 0.15) is 6.04 Å². The molecule has 0 fully saturated rings. The second-order valence-corrected chi connectivity index (χ2v) is 7.47. The maximum Gasteiger partial charge on any atom is 0.328 e. The Kier molecular flexibility index (Phi) is 7.22. The molecule has 0 radical (unpaired) electrons. The molecule has 1 aliphatic rings. The van der Waals surface area contributed by atoms with Gasteiger partial charge in [-0.05, 0) is 51.0 Å². The number of nitrogens with zero attached hydrogens (tertiary/aromatic N) is 1. The number of imide groups is 1. The average Bonchev–Trinajstić information content (AvgIpc) is 2.99. The molecule has 1 N–H and O–H groups in total. The van der Waals surface area contributed by atoms with Crippen LogP contribution in [0.15, 0.2) is 48.5 Å². The molecule has 2 amide bonds. The predicted octanol–water partition coefficient (Wildman–Crippen LogP) is 4.20. The number of rotatable bonds is 10. The Balaban J connectivity index is 1.48. The van der Waals surface area contributed by atoms with Gasteiger partial charge in [0.2, 0.25) is 0 Å². The third-order valence-electron chi connectivity index (χ3n) is 5.22. The summed E-state index contributed by atoms with van der Waals surface area (Å²) < 4.78 is 5.20. The van der Waals surface area contributed by atoms with Crippen LogP contribution in [0.2, 0.25) is 0 Å². The van der Waals surface area contributed by atoms with E-state index < -0.39 is 6.04 Å². The Morgan fingerprint density at radius 2 is 1.60 bits per heavy atom. The van der Waals surface area contributed by atoms with E-state index in [0.717, 1.165) is 24.1 Å². The molecule has 3 rings (SSSR count). The molecule has 1 aliphatic heterocycles. The SMILES string of the molecule is CCOC(=O)C(CCCCCN1C(=O)c2ccccc2C1=O)Nc1ccc(C)cc1. The Bertz CT molecular complexity index is 873. The average molecular weight is 408 g/mol. The number of ether oxygens (including phenoxy) is 1. The third-order valence-corrected chi connectivity index (χ3v) is 5.22. The highest BCUT2D eigenvalue weighted by Gasteiger charge is 2.34. The first-order valence-corrected chi connectivity index (χ1v) is 10.5. The minimum absolute atomic E-state index is 0.221. The molecule has 2 aromatic carbocycles. The fourth-order valence-electron chi connectivity index (χ4n) is 3.58. The first-order chi connectivity index (χ1) is 14.5. The minimum atomic E-state index is -0.424. The number of anilines is 1. The van der Waals surface area contributed by atoms with Crippen molar-refractivity contribution in [3.05, 3.63) is 65.2 Å². The van der Waals surface area contributed by atoms with Crippen LogP contribution >= 0.6 is 0 Å². The number of carbonyl (C=O) groups is 3. The van der Waals surface area contributed by atoms with Crippen molar-refractivity contribution in [3.8, 4) is 0 Å². The molecule has 1 heterocycles. The van der Waals surface area contributed by atoms with Crippen molar-refractivity contribution in [1.82, 2.24) is 4.90 Å². The second kappa shape index (κ2) is 10.1. The lowest BCUT2D eigenvalue weighted by Gasteiger charge is -2.19. The number of carbonyl (C=O) groups excluding carboxylic acids is 3. The number of hydrogen-bond donors (Lipinski definition) is 1. The molecule has 0 spiro atoms. The summed E-state index contributed by atoms with van der Waals surface area (Å²) in [4.78, 5) is 38.4. The van der Waals surface area contributed by atoms with Gasteiger partial charge in [0.15, 0.2) is 0 Å². The zero-order valence-corrected chi connectivity index (χ0v) is 17.5. The normalized spacial score (nSPS) is 13.9. The van der Waals surface area contributed by atoms with Gasteiger partial charge >= 0.3 is 5.97 Å². The lowest BCUT2D eigenvalue weighted by Crippen LogP contribution is -2.32. The quantitative estimate of drug-likeness (QED) is 0.362. The highest BCUT2D eigenvalue weighted by Crippen LogP contribution is 2.23. The first-order valence-electron chi connectivity index (χ1n) is 10.5. The van der Waals surface area contributed by atoms with Crippen LogP contribution in [0.1, 0.15) is 58.9 Å². The molecule has 30 heavy (non-hydrogen) atoms. The zero-order chi connectivity index (χ0) is 21.5. The van der Waals surface area contributed by atoms with Crippen molar-refractivity contribution < 1.29 is 19.1 Å². The van der Waals surface area contributed by atoms with E-state index in [1.807, 2.05) is 31.2 Å². The van der Waals surface area contributed by atoms with E-state index in [2.05, 4.69) is 5.32 Å². The van der Waals surface area contributed by atoms with E-state index in [1.165, 1.54) is 4.90 Å². The molecule has 158 valence electrons. The number of amides is 2. The number of benzene rings is 2. The number of esters is 1. The van der Waals surface area contributed by atoms with Crippen LogP contribution in [0.5, 0.6) is 0 Å². The smallest absolute Gasteiger partial charge is 0.328 e. The van der Waals surface area contributed by atoms with Gasteiger partial charge in [-0.1, -0.05) is 42.7 Å². The van der Waals surface area contributed by atoms with Gasteiger partial charge in [-0.3, -0.25) is 14.5 Å². The molecule has 0 saturated carbocycles. The molecule has 1 atom stereocenters. The summed E-state index contributed by atoms with van der Waals surface area (Å²) in [5, 5.41) is 3.26. The van der Waals surface area contributed by atoms with Crippen molar-refractivity contribution in [1.29, 1.82) is 0 Å². The van der Waals surface area contributed by atoms with Crippen molar-refractivity contribution in [2.45, 2.75) is 45.6 Å². The maximum absolute atomic E-state index is 12.4. The fraction of sp³-hybridized carbons (Fsp3) is 0.375. The summed E-state index contributed by atoms with van der Waals surface area (Å²) in [7, 11) is 0. The van der Waals surface area contributed by atoms with Gasteiger partial charge in [-0.2, -0.15) is 0 Å². The molecular weight excluding hydrogens is 380 g/mol. The van der Waals surface area contributed by atoms with Crippen molar-refractivity contribution in [2.24, 2.45) is 0 Å². The Morgan fingerprint density at radius 1 is 0.967 bits per heavy atom. The topological polar surface area (TPSA) is 75.7 Å². The summed E-state index contributed by atoms with van der Waals surface area (Å²) in [5.74, 6) is -0.708. The Hall–Kier alpha value is -3.15. The van der Waals surface area contributed by atoms with E-state index in [-0.39, 0.29) is 17.8 Å². The van der Waals surface area contributed by atoms with E-state index in [1.54, 1.807) is 31.2 Å². The second-order valence-electron chi connectivity index (χ2n) is 7.47. The zero-order valence-electron chi connectivity index (χ0n) is 17.5. The van der Waals surface area contributed by atoms with Crippen LogP contribution < -0.4 is 5.32 Å². The first kappa shape index (κ1) is 21.6. The van der Waals surface area contributed by atoms with Crippen LogP contribution in [0.4, 0.5) is 5.69 Å². The number of aryl methyl sites for hydroxylation is 1. The van der Waals surface area contributed by atoms with Crippen LogP contribution in [0.3, 0.4) is 0 Å². The molecule has 0 aromatic heterocycles. The molecule has 6 nitrogen and oxygen atoms in total. The number of nitrogens with one attached hydrogen (secondary N) is 1. The fourth-order valence-corrected chi connectivity index (χ4v) is 3.58. The van der Waals surface area contributed by atoms with Gasteiger partial charge in [-0.25, -0.2) is 4.79 Å². The summed E-state index contributed by atoms with van der Waals surface area (Å²) in [6.07, 6.45) is 2.91. The number of fused-ring (bicyclic) bond motifs is 1. The van der Waals surface area contributed by atoms with Crippen LogP contribution in [-0.2, 0) is 9.53 Å². The summed E-state index contributed by atoms with van der Waals surface area (Å²) >= 11 is 0. The monoisotopic (exact) mass is 408 g/mol. The highest BCUT2D eigenvalue weighted by atomic mass is 16.5. The van der Waals surface area contributed by atoms with Gasteiger partial charge in [0, 0.05) is 12.2 Å². The van der Waals surface area contributed by atoms with E-state index in [9.17, 15) is 14.4 Å². The molecular formula is C24H28N2O4. The predicted molar refractivity (Wildman–Crippen MR) is 115 cm³/mol. The van der Waals surface area contributed by atoms with Gasteiger partial charge in [0.25, 0.3) is 11.8 Å². The minimum Gasteiger partial charge on any atom is -0.464 e. The van der Waals surface area contributed by atoms with Crippen molar-refractivity contribution >= 4 is 23.5 Å². The van der Waals surface area contributed by atoms with Crippen LogP contribution in [-0.4, -0.2) is 41.9 Å².